The Bertz CT molecular complexity index is 821. The third kappa shape index (κ3) is 2.32. The highest BCUT2D eigenvalue weighted by Crippen LogP contribution is 2.30. The standard InChI is InChI=1S/C17H16ClFN2/c1-10-6-4-5-7-15(10)21-16-8-11(2)13(19)9-14(16)20-17(21)12(3)18/h4-9,12H,1-3H3. The predicted molar refractivity (Wildman–Crippen MR) is 84.8 cm³/mol. The van der Waals surface area contributed by atoms with Crippen molar-refractivity contribution in [3.05, 3.63) is 59.2 Å². The summed E-state index contributed by atoms with van der Waals surface area (Å²) in [5.41, 5.74) is 4.26. The molecule has 2 aromatic carbocycles. The Labute approximate surface area is 128 Å². The largest absolute Gasteiger partial charge is 0.295 e. The van der Waals surface area contributed by atoms with Crippen molar-refractivity contribution in [2.24, 2.45) is 0 Å². The van der Waals surface area contributed by atoms with Gasteiger partial charge in [0.15, 0.2) is 0 Å². The molecular formula is C17H16ClFN2. The summed E-state index contributed by atoms with van der Waals surface area (Å²) in [6, 6.07) is 11.3. The number of para-hydroxylation sites is 1. The van der Waals surface area contributed by atoms with Crippen molar-refractivity contribution < 1.29 is 4.39 Å². The van der Waals surface area contributed by atoms with Gasteiger partial charge in [0.05, 0.1) is 22.1 Å². The molecular weight excluding hydrogens is 287 g/mol. The lowest BCUT2D eigenvalue weighted by atomic mass is 10.1. The maximum Gasteiger partial charge on any atom is 0.132 e. The van der Waals surface area contributed by atoms with Gasteiger partial charge in [0.1, 0.15) is 11.6 Å². The van der Waals surface area contributed by atoms with E-state index >= 15 is 0 Å². The highest BCUT2D eigenvalue weighted by atomic mass is 35.5. The molecule has 108 valence electrons. The van der Waals surface area contributed by atoms with E-state index in [2.05, 4.69) is 4.98 Å². The number of halogens is 2. The van der Waals surface area contributed by atoms with Crippen molar-refractivity contribution in [3.63, 3.8) is 0 Å². The molecule has 0 fully saturated rings. The summed E-state index contributed by atoms with van der Waals surface area (Å²) in [5, 5.41) is -0.264. The average Bonchev–Trinajstić information content (AvgIpc) is 2.78. The van der Waals surface area contributed by atoms with Gasteiger partial charge in [0.2, 0.25) is 0 Å². The van der Waals surface area contributed by atoms with Gasteiger partial charge in [0, 0.05) is 6.07 Å². The zero-order valence-corrected chi connectivity index (χ0v) is 12.9. The van der Waals surface area contributed by atoms with Crippen molar-refractivity contribution in [1.29, 1.82) is 0 Å². The minimum Gasteiger partial charge on any atom is -0.295 e. The summed E-state index contributed by atoms with van der Waals surface area (Å²) in [5.74, 6) is 0.483. The summed E-state index contributed by atoms with van der Waals surface area (Å²) >= 11 is 6.28. The molecule has 0 bridgehead atoms. The Hall–Kier alpha value is -1.87. The predicted octanol–water partition coefficient (Wildman–Crippen LogP) is 5.08. The first-order chi connectivity index (χ1) is 9.99. The summed E-state index contributed by atoms with van der Waals surface area (Å²) < 4.78 is 15.8. The number of aryl methyl sites for hydroxylation is 2. The highest BCUT2D eigenvalue weighted by Gasteiger charge is 2.18. The van der Waals surface area contributed by atoms with E-state index in [4.69, 9.17) is 11.6 Å². The van der Waals surface area contributed by atoms with Crippen molar-refractivity contribution in [3.8, 4) is 5.69 Å². The minimum atomic E-state index is -0.264. The second kappa shape index (κ2) is 5.15. The van der Waals surface area contributed by atoms with Crippen LogP contribution in [-0.2, 0) is 0 Å². The highest BCUT2D eigenvalue weighted by molar-refractivity contribution is 6.20. The van der Waals surface area contributed by atoms with Crippen LogP contribution in [0.4, 0.5) is 4.39 Å². The number of nitrogens with zero attached hydrogens (tertiary/aromatic N) is 2. The topological polar surface area (TPSA) is 17.8 Å². The maximum absolute atomic E-state index is 13.8. The molecule has 1 heterocycles. The summed E-state index contributed by atoms with van der Waals surface area (Å²) in [6.07, 6.45) is 0. The fraction of sp³-hybridized carbons (Fsp3) is 0.235. The van der Waals surface area contributed by atoms with E-state index in [1.807, 2.05) is 48.7 Å². The monoisotopic (exact) mass is 302 g/mol. The minimum absolute atomic E-state index is 0.245. The second-order valence-corrected chi connectivity index (χ2v) is 5.95. The lowest BCUT2D eigenvalue weighted by Gasteiger charge is -2.13. The SMILES string of the molecule is Cc1cc2c(cc1F)nc(C(C)Cl)n2-c1ccccc1C. The van der Waals surface area contributed by atoms with E-state index in [0.717, 1.165) is 22.6 Å². The molecule has 21 heavy (non-hydrogen) atoms. The van der Waals surface area contributed by atoms with Gasteiger partial charge in [-0.05, 0) is 44.0 Å². The van der Waals surface area contributed by atoms with E-state index in [-0.39, 0.29) is 11.2 Å². The van der Waals surface area contributed by atoms with Gasteiger partial charge in [-0.2, -0.15) is 0 Å². The number of benzene rings is 2. The third-order valence-electron chi connectivity index (χ3n) is 3.67. The Morgan fingerprint density at radius 1 is 1.14 bits per heavy atom. The molecule has 0 amide bonds. The molecule has 0 N–H and O–H groups in total. The first-order valence-electron chi connectivity index (χ1n) is 6.87. The van der Waals surface area contributed by atoms with Crippen molar-refractivity contribution in [1.82, 2.24) is 9.55 Å². The lowest BCUT2D eigenvalue weighted by Crippen LogP contribution is -2.03. The van der Waals surface area contributed by atoms with E-state index in [9.17, 15) is 4.39 Å². The zero-order chi connectivity index (χ0) is 15.1. The van der Waals surface area contributed by atoms with Crippen LogP contribution in [0.2, 0.25) is 0 Å². The van der Waals surface area contributed by atoms with Crippen LogP contribution in [0.1, 0.15) is 29.3 Å². The Kier molecular flexibility index (Phi) is 3.46. The third-order valence-corrected chi connectivity index (χ3v) is 3.87. The normalized spacial score (nSPS) is 12.8. The Balaban J connectivity index is 2.41. The number of rotatable bonds is 2. The molecule has 2 nitrogen and oxygen atoms in total. The Morgan fingerprint density at radius 2 is 1.86 bits per heavy atom. The van der Waals surface area contributed by atoms with Crippen molar-refractivity contribution in [2.45, 2.75) is 26.1 Å². The van der Waals surface area contributed by atoms with E-state index in [1.54, 1.807) is 6.92 Å². The molecule has 3 aromatic rings. The molecule has 0 saturated heterocycles. The number of fused-ring (bicyclic) bond motifs is 1. The molecule has 0 aliphatic rings. The van der Waals surface area contributed by atoms with Crippen molar-refractivity contribution >= 4 is 22.6 Å². The van der Waals surface area contributed by atoms with Crippen LogP contribution in [0.25, 0.3) is 16.7 Å². The van der Waals surface area contributed by atoms with Crippen LogP contribution < -0.4 is 0 Å². The molecule has 4 heteroatoms. The first-order valence-corrected chi connectivity index (χ1v) is 7.31. The van der Waals surface area contributed by atoms with Gasteiger partial charge in [-0.1, -0.05) is 18.2 Å². The van der Waals surface area contributed by atoms with Gasteiger partial charge in [-0.25, -0.2) is 9.37 Å². The van der Waals surface area contributed by atoms with Crippen LogP contribution >= 0.6 is 11.6 Å². The second-order valence-electron chi connectivity index (χ2n) is 5.30. The number of hydrogen-bond acceptors (Lipinski definition) is 1. The van der Waals surface area contributed by atoms with Crippen LogP contribution in [0, 0.1) is 19.7 Å². The number of hydrogen-bond donors (Lipinski definition) is 0. The lowest BCUT2D eigenvalue weighted by molar-refractivity contribution is 0.620. The molecule has 1 aromatic heterocycles. The molecule has 3 rings (SSSR count). The van der Waals surface area contributed by atoms with Crippen molar-refractivity contribution in [2.75, 3.05) is 0 Å². The van der Waals surface area contributed by atoms with Gasteiger partial charge in [-0.3, -0.25) is 4.57 Å². The fourth-order valence-corrected chi connectivity index (χ4v) is 2.70. The summed E-state index contributed by atoms with van der Waals surface area (Å²) in [4.78, 5) is 4.52. The number of aromatic nitrogens is 2. The van der Waals surface area contributed by atoms with Gasteiger partial charge < -0.3 is 0 Å². The first kappa shape index (κ1) is 14.1. The van der Waals surface area contributed by atoms with E-state index in [0.29, 0.717) is 11.1 Å². The van der Waals surface area contributed by atoms with Gasteiger partial charge in [0.25, 0.3) is 0 Å². The fourth-order valence-electron chi connectivity index (χ4n) is 2.56. The quantitative estimate of drug-likeness (QED) is 0.604. The van der Waals surface area contributed by atoms with E-state index < -0.39 is 0 Å². The van der Waals surface area contributed by atoms with Crippen LogP contribution in [-0.4, -0.2) is 9.55 Å². The van der Waals surface area contributed by atoms with Crippen LogP contribution in [0.5, 0.6) is 0 Å². The molecule has 0 radical (unpaired) electrons. The molecule has 1 unspecified atom stereocenters. The maximum atomic E-state index is 13.8. The van der Waals surface area contributed by atoms with Gasteiger partial charge in [-0.15, -0.1) is 11.6 Å². The number of imidazole rings is 1. The van der Waals surface area contributed by atoms with Crippen LogP contribution in [0.15, 0.2) is 36.4 Å². The molecule has 0 aliphatic heterocycles. The smallest absolute Gasteiger partial charge is 0.132 e. The molecule has 0 spiro atoms. The number of alkyl halides is 1. The molecule has 1 atom stereocenters. The summed E-state index contributed by atoms with van der Waals surface area (Å²) in [7, 11) is 0. The van der Waals surface area contributed by atoms with Crippen LogP contribution in [0.3, 0.4) is 0 Å². The average molecular weight is 303 g/mol. The summed E-state index contributed by atoms with van der Waals surface area (Å²) in [6.45, 7) is 5.68. The molecule has 0 saturated carbocycles. The molecule has 0 aliphatic carbocycles. The van der Waals surface area contributed by atoms with E-state index in [1.165, 1.54) is 6.07 Å². The zero-order valence-electron chi connectivity index (χ0n) is 12.2. The Morgan fingerprint density at radius 3 is 2.52 bits per heavy atom. The van der Waals surface area contributed by atoms with Gasteiger partial charge >= 0.3 is 0 Å².